The van der Waals surface area contributed by atoms with Gasteiger partial charge >= 0.3 is 0 Å². The Morgan fingerprint density at radius 1 is 1.18 bits per heavy atom. The second-order valence-electron chi connectivity index (χ2n) is 4.79. The summed E-state index contributed by atoms with van der Waals surface area (Å²) in [5, 5.41) is 3.24. The number of hydrogen-bond acceptors (Lipinski definition) is 4. The molecule has 1 aromatic carbocycles. The largest absolute Gasteiger partial charge is 0.383 e. The van der Waals surface area contributed by atoms with Crippen molar-refractivity contribution >= 4 is 29.0 Å². The smallest absolute Gasteiger partial charge is 0.238 e. The molecule has 0 bridgehead atoms. The van der Waals surface area contributed by atoms with E-state index in [1.807, 2.05) is 13.0 Å². The average Bonchev–Trinajstić information content (AvgIpc) is 2.51. The number of methoxy groups -OCH3 is 1. The van der Waals surface area contributed by atoms with Crippen LogP contribution in [0.2, 0.25) is 0 Å². The fourth-order valence-corrected chi connectivity index (χ4v) is 1.99. The van der Waals surface area contributed by atoms with Gasteiger partial charge in [-0.3, -0.25) is 20.4 Å². The molecular formula is C15H21N3O3S. The van der Waals surface area contributed by atoms with E-state index < -0.39 is 0 Å². The standard InChI is InChI=1S/C15H21N3O3S/c1-11(10-21-2)16-15(22)18-17-14(20)9-8-13(19)12-6-4-3-5-7-12/h3-7,11H,8-10H2,1-2H3,(H,17,20)(H2,16,18,22)/t11-/m1/s1. The highest BCUT2D eigenvalue weighted by molar-refractivity contribution is 7.80. The molecule has 3 N–H and O–H groups in total. The molecule has 0 fully saturated rings. The van der Waals surface area contributed by atoms with E-state index in [1.54, 1.807) is 31.4 Å². The van der Waals surface area contributed by atoms with Crippen molar-refractivity contribution in [2.45, 2.75) is 25.8 Å². The summed E-state index contributed by atoms with van der Waals surface area (Å²) in [7, 11) is 1.60. The molecule has 0 heterocycles. The molecule has 22 heavy (non-hydrogen) atoms. The van der Waals surface area contributed by atoms with Crippen LogP contribution in [0.3, 0.4) is 0 Å². The van der Waals surface area contributed by atoms with Crippen LogP contribution in [0.5, 0.6) is 0 Å². The number of ether oxygens (including phenoxy) is 1. The predicted octanol–water partition coefficient (Wildman–Crippen LogP) is 1.18. The lowest BCUT2D eigenvalue weighted by Crippen LogP contribution is -2.49. The molecule has 1 rings (SSSR count). The summed E-state index contributed by atoms with van der Waals surface area (Å²) in [6.07, 6.45) is 0.245. The molecule has 0 spiro atoms. The number of carbonyl (C=O) groups is 2. The van der Waals surface area contributed by atoms with E-state index in [4.69, 9.17) is 17.0 Å². The number of hydrogen-bond donors (Lipinski definition) is 3. The van der Waals surface area contributed by atoms with Gasteiger partial charge in [-0.2, -0.15) is 0 Å². The highest BCUT2D eigenvalue weighted by atomic mass is 32.1. The van der Waals surface area contributed by atoms with Gasteiger partial charge in [0.1, 0.15) is 0 Å². The Morgan fingerprint density at radius 3 is 2.50 bits per heavy atom. The number of rotatable bonds is 7. The zero-order valence-corrected chi connectivity index (χ0v) is 13.5. The van der Waals surface area contributed by atoms with Gasteiger partial charge in [0, 0.05) is 31.6 Å². The number of amides is 1. The van der Waals surface area contributed by atoms with Crippen LogP contribution in [0.1, 0.15) is 30.1 Å². The van der Waals surface area contributed by atoms with Crippen molar-refractivity contribution < 1.29 is 14.3 Å². The minimum absolute atomic E-state index is 0.0292. The van der Waals surface area contributed by atoms with Crippen molar-refractivity contribution in [3.05, 3.63) is 35.9 Å². The third-order valence-electron chi connectivity index (χ3n) is 2.78. The molecule has 0 aliphatic carbocycles. The Kier molecular flexibility index (Phi) is 8.09. The number of benzene rings is 1. The lowest BCUT2D eigenvalue weighted by molar-refractivity contribution is -0.121. The van der Waals surface area contributed by atoms with Crippen LogP contribution in [-0.4, -0.2) is 36.6 Å². The molecule has 0 radical (unpaired) electrons. The number of Topliss-reactive ketones (excluding diaryl/α,β-unsaturated/α-hetero) is 1. The van der Waals surface area contributed by atoms with E-state index in [0.29, 0.717) is 17.3 Å². The van der Waals surface area contributed by atoms with Gasteiger partial charge in [0.25, 0.3) is 0 Å². The first-order chi connectivity index (χ1) is 10.5. The van der Waals surface area contributed by atoms with E-state index in [0.717, 1.165) is 0 Å². The first kappa shape index (κ1) is 18.1. The summed E-state index contributed by atoms with van der Waals surface area (Å²) < 4.78 is 4.96. The van der Waals surface area contributed by atoms with E-state index in [2.05, 4.69) is 16.2 Å². The maximum Gasteiger partial charge on any atom is 0.238 e. The van der Waals surface area contributed by atoms with Crippen molar-refractivity contribution in [1.82, 2.24) is 16.2 Å². The molecule has 0 saturated carbocycles. The van der Waals surface area contributed by atoms with Gasteiger partial charge in [-0.25, -0.2) is 0 Å². The van der Waals surface area contributed by atoms with E-state index in [-0.39, 0.29) is 30.6 Å². The summed E-state index contributed by atoms with van der Waals surface area (Å²) in [5.41, 5.74) is 5.65. The zero-order chi connectivity index (χ0) is 16.4. The molecule has 0 aliphatic heterocycles. The van der Waals surface area contributed by atoms with Crippen molar-refractivity contribution in [2.24, 2.45) is 0 Å². The van der Waals surface area contributed by atoms with Crippen LogP contribution in [0.25, 0.3) is 0 Å². The third kappa shape index (κ3) is 7.14. The van der Waals surface area contributed by atoms with Crippen LogP contribution in [0.4, 0.5) is 0 Å². The number of ketones is 1. The molecule has 1 amide bonds. The highest BCUT2D eigenvalue weighted by Gasteiger charge is 2.09. The number of carbonyl (C=O) groups excluding carboxylic acids is 2. The quantitative estimate of drug-likeness (QED) is 0.397. The second kappa shape index (κ2) is 9.86. The Bertz CT molecular complexity index is 508. The zero-order valence-electron chi connectivity index (χ0n) is 12.7. The normalized spacial score (nSPS) is 11.4. The third-order valence-corrected chi connectivity index (χ3v) is 3.00. The molecule has 1 aromatic rings. The highest BCUT2D eigenvalue weighted by Crippen LogP contribution is 2.04. The number of thiocarbonyl (C=S) groups is 1. The van der Waals surface area contributed by atoms with Gasteiger partial charge in [0.15, 0.2) is 10.9 Å². The van der Waals surface area contributed by atoms with Gasteiger partial charge in [-0.1, -0.05) is 30.3 Å². The molecule has 7 heteroatoms. The summed E-state index contributed by atoms with van der Waals surface area (Å²) in [5.74, 6) is -0.363. The summed E-state index contributed by atoms with van der Waals surface area (Å²) in [4.78, 5) is 23.5. The van der Waals surface area contributed by atoms with Crippen molar-refractivity contribution in [2.75, 3.05) is 13.7 Å². The maximum atomic E-state index is 11.9. The van der Waals surface area contributed by atoms with Crippen LogP contribution in [0.15, 0.2) is 30.3 Å². The van der Waals surface area contributed by atoms with E-state index >= 15 is 0 Å². The maximum absolute atomic E-state index is 11.9. The average molecular weight is 323 g/mol. The van der Waals surface area contributed by atoms with E-state index in [1.165, 1.54) is 0 Å². The summed E-state index contributed by atoms with van der Waals surface area (Å²) in [6.45, 7) is 2.40. The minimum Gasteiger partial charge on any atom is -0.383 e. The Labute approximate surface area is 135 Å². The van der Waals surface area contributed by atoms with Gasteiger partial charge in [0.2, 0.25) is 5.91 Å². The van der Waals surface area contributed by atoms with Crippen LogP contribution >= 0.6 is 12.2 Å². The lowest BCUT2D eigenvalue weighted by atomic mass is 10.1. The Balaban J connectivity index is 2.23. The Hall–Kier alpha value is -1.99. The monoisotopic (exact) mass is 323 g/mol. The Morgan fingerprint density at radius 2 is 1.86 bits per heavy atom. The van der Waals surface area contributed by atoms with Gasteiger partial charge in [-0.15, -0.1) is 0 Å². The fourth-order valence-electron chi connectivity index (χ4n) is 1.74. The first-order valence-electron chi connectivity index (χ1n) is 6.95. The van der Waals surface area contributed by atoms with Crippen LogP contribution < -0.4 is 16.2 Å². The number of nitrogens with one attached hydrogen (secondary N) is 3. The SMILES string of the molecule is COC[C@@H](C)NC(=S)NNC(=O)CCC(=O)c1ccccc1. The molecule has 120 valence electrons. The van der Waals surface area contributed by atoms with Crippen LogP contribution in [-0.2, 0) is 9.53 Å². The molecule has 0 saturated heterocycles. The van der Waals surface area contributed by atoms with Gasteiger partial charge < -0.3 is 10.1 Å². The fraction of sp³-hybridized carbons (Fsp3) is 0.400. The van der Waals surface area contributed by atoms with Crippen LogP contribution in [0, 0.1) is 0 Å². The molecule has 0 aromatic heterocycles. The van der Waals surface area contributed by atoms with Crippen molar-refractivity contribution in [3.63, 3.8) is 0 Å². The van der Waals surface area contributed by atoms with Gasteiger partial charge in [-0.05, 0) is 19.1 Å². The summed E-state index contributed by atoms with van der Waals surface area (Å²) >= 11 is 5.02. The van der Waals surface area contributed by atoms with Crippen molar-refractivity contribution in [3.8, 4) is 0 Å². The second-order valence-corrected chi connectivity index (χ2v) is 5.20. The molecule has 0 aliphatic rings. The topological polar surface area (TPSA) is 79.5 Å². The first-order valence-corrected chi connectivity index (χ1v) is 7.36. The minimum atomic E-state index is -0.298. The van der Waals surface area contributed by atoms with Gasteiger partial charge in [0.05, 0.1) is 6.61 Å². The number of hydrazine groups is 1. The molecular weight excluding hydrogens is 302 g/mol. The van der Waals surface area contributed by atoms with E-state index in [9.17, 15) is 9.59 Å². The lowest BCUT2D eigenvalue weighted by Gasteiger charge is -2.16. The van der Waals surface area contributed by atoms with Crippen molar-refractivity contribution in [1.29, 1.82) is 0 Å². The summed E-state index contributed by atoms with van der Waals surface area (Å²) in [6, 6.07) is 8.91. The molecule has 6 nitrogen and oxygen atoms in total. The molecule has 0 unspecified atom stereocenters. The molecule has 1 atom stereocenters. The predicted molar refractivity (Wildman–Crippen MR) is 88.4 cm³/mol.